The van der Waals surface area contributed by atoms with E-state index in [9.17, 15) is 0 Å². The van der Waals surface area contributed by atoms with Crippen molar-refractivity contribution in [2.24, 2.45) is 11.8 Å². The fourth-order valence-corrected chi connectivity index (χ4v) is 6.52. The van der Waals surface area contributed by atoms with Crippen molar-refractivity contribution in [3.8, 4) is 5.82 Å². The lowest BCUT2D eigenvalue weighted by Gasteiger charge is -2.41. The molecule has 0 amide bonds. The number of hydrogen-bond acceptors (Lipinski definition) is 8. The number of nitrogens with two attached hydrogens (primary N) is 1. The molecule has 184 valence electrons. The van der Waals surface area contributed by atoms with E-state index in [1.54, 1.807) is 10.9 Å². The molecule has 1 aliphatic heterocycles. The summed E-state index contributed by atoms with van der Waals surface area (Å²) in [6, 6.07) is 14.9. The third kappa shape index (κ3) is 3.83. The molecule has 3 fully saturated rings. The molecule has 9 heteroatoms. The number of aromatic nitrogens is 5. The van der Waals surface area contributed by atoms with E-state index in [0.29, 0.717) is 11.8 Å². The van der Waals surface area contributed by atoms with Crippen molar-refractivity contribution in [1.82, 2.24) is 29.6 Å². The van der Waals surface area contributed by atoms with Gasteiger partial charge in [0.15, 0.2) is 5.82 Å². The zero-order valence-corrected chi connectivity index (χ0v) is 20.3. The van der Waals surface area contributed by atoms with Gasteiger partial charge in [-0.2, -0.15) is 9.67 Å². The molecule has 3 N–H and O–H groups in total. The van der Waals surface area contributed by atoms with Crippen molar-refractivity contribution >= 4 is 34.2 Å². The van der Waals surface area contributed by atoms with Crippen molar-refractivity contribution in [3.63, 3.8) is 0 Å². The van der Waals surface area contributed by atoms with Gasteiger partial charge in [-0.1, -0.05) is 30.7 Å². The fraction of sp³-hybridized carbons (Fsp3) is 0.407. The summed E-state index contributed by atoms with van der Waals surface area (Å²) in [5.74, 6) is 4.32. The van der Waals surface area contributed by atoms with Crippen LogP contribution >= 0.6 is 0 Å². The normalized spacial score (nSPS) is 24.0. The van der Waals surface area contributed by atoms with E-state index in [2.05, 4.69) is 36.2 Å². The van der Waals surface area contributed by atoms with Crippen LogP contribution in [-0.4, -0.2) is 61.9 Å². The number of nitrogens with one attached hydrogen (secondary N) is 1. The Morgan fingerprint density at radius 1 is 0.917 bits per heavy atom. The molecule has 0 radical (unpaired) electrons. The smallest absolute Gasteiger partial charge is 0.248 e. The molecule has 2 saturated carbocycles. The quantitative estimate of drug-likeness (QED) is 0.443. The van der Waals surface area contributed by atoms with Gasteiger partial charge < -0.3 is 16.0 Å². The molecule has 4 heterocycles. The van der Waals surface area contributed by atoms with E-state index in [4.69, 9.17) is 10.7 Å². The molecule has 3 aliphatic rings. The number of fused-ring (bicyclic) bond motifs is 3. The van der Waals surface area contributed by atoms with Gasteiger partial charge in [0, 0.05) is 43.8 Å². The summed E-state index contributed by atoms with van der Waals surface area (Å²) in [5.41, 5.74) is 7.02. The van der Waals surface area contributed by atoms with E-state index in [1.165, 1.54) is 25.7 Å². The third-order valence-corrected chi connectivity index (χ3v) is 8.30. The van der Waals surface area contributed by atoms with Gasteiger partial charge in [-0.3, -0.25) is 4.90 Å². The second-order valence-electron chi connectivity index (χ2n) is 10.4. The van der Waals surface area contributed by atoms with Gasteiger partial charge in [-0.05, 0) is 54.7 Å². The van der Waals surface area contributed by atoms with Crippen LogP contribution in [0.15, 0.2) is 54.9 Å². The molecular formula is C27H31N9. The minimum absolute atomic E-state index is 0.277. The lowest BCUT2D eigenvalue weighted by Crippen LogP contribution is -2.52. The van der Waals surface area contributed by atoms with E-state index in [-0.39, 0.29) is 5.95 Å². The maximum atomic E-state index is 6.20. The lowest BCUT2D eigenvalue weighted by molar-refractivity contribution is 0.134. The second kappa shape index (κ2) is 8.74. The molecule has 9 nitrogen and oxygen atoms in total. The Morgan fingerprint density at radius 2 is 1.81 bits per heavy atom. The van der Waals surface area contributed by atoms with Crippen LogP contribution in [0.2, 0.25) is 0 Å². The predicted octanol–water partition coefficient (Wildman–Crippen LogP) is 3.85. The number of anilines is 4. The molecule has 7 rings (SSSR count). The van der Waals surface area contributed by atoms with Crippen LogP contribution < -0.4 is 16.0 Å². The molecule has 3 aromatic heterocycles. The average Bonchev–Trinajstić information content (AvgIpc) is 3.65. The molecule has 36 heavy (non-hydrogen) atoms. The second-order valence-corrected chi connectivity index (χ2v) is 10.4. The minimum atomic E-state index is 0.277. The average molecular weight is 482 g/mol. The number of benzene rings is 1. The topological polar surface area (TPSA) is 101 Å². The maximum Gasteiger partial charge on any atom is 0.248 e. The van der Waals surface area contributed by atoms with Crippen LogP contribution in [0.3, 0.4) is 0 Å². The summed E-state index contributed by atoms with van der Waals surface area (Å²) < 4.78 is 1.57. The number of pyridine rings is 2. The summed E-state index contributed by atoms with van der Waals surface area (Å²) in [7, 11) is 0. The van der Waals surface area contributed by atoms with Gasteiger partial charge in [0.25, 0.3) is 0 Å². The van der Waals surface area contributed by atoms with Crippen molar-refractivity contribution in [2.75, 3.05) is 42.1 Å². The van der Waals surface area contributed by atoms with Gasteiger partial charge in [0.2, 0.25) is 11.9 Å². The number of rotatable bonds is 5. The van der Waals surface area contributed by atoms with E-state index in [0.717, 1.165) is 66.3 Å². The van der Waals surface area contributed by atoms with E-state index < -0.39 is 0 Å². The highest BCUT2D eigenvalue weighted by molar-refractivity contribution is 5.88. The van der Waals surface area contributed by atoms with Crippen molar-refractivity contribution in [2.45, 2.75) is 31.7 Å². The Bertz CT molecular complexity index is 1370. The van der Waals surface area contributed by atoms with E-state index in [1.807, 2.05) is 42.6 Å². The Morgan fingerprint density at radius 3 is 2.58 bits per heavy atom. The van der Waals surface area contributed by atoms with Crippen LogP contribution in [0.5, 0.6) is 0 Å². The highest BCUT2D eigenvalue weighted by atomic mass is 15.4. The number of nitrogen functional groups attached to an aromatic ring is 1. The Hall–Kier alpha value is -3.72. The summed E-state index contributed by atoms with van der Waals surface area (Å²) in [5, 5.41) is 9.84. The van der Waals surface area contributed by atoms with Gasteiger partial charge in [-0.25, -0.2) is 9.97 Å². The molecule has 1 saturated heterocycles. The summed E-state index contributed by atoms with van der Waals surface area (Å²) in [6.07, 6.45) is 9.40. The fourth-order valence-electron chi connectivity index (χ4n) is 6.52. The minimum Gasteiger partial charge on any atom is -0.368 e. The van der Waals surface area contributed by atoms with Gasteiger partial charge in [-0.15, -0.1) is 5.10 Å². The molecule has 0 spiro atoms. The van der Waals surface area contributed by atoms with Crippen molar-refractivity contribution in [1.29, 1.82) is 0 Å². The van der Waals surface area contributed by atoms with Crippen molar-refractivity contribution < 1.29 is 0 Å². The summed E-state index contributed by atoms with van der Waals surface area (Å²) in [4.78, 5) is 18.8. The largest absolute Gasteiger partial charge is 0.368 e. The van der Waals surface area contributed by atoms with E-state index >= 15 is 0 Å². The molecule has 1 aromatic carbocycles. The highest BCUT2D eigenvalue weighted by Gasteiger charge is 2.42. The molecular weight excluding hydrogens is 450 g/mol. The first-order valence-corrected chi connectivity index (χ1v) is 13.0. The zero-order chi connectivity index (χ0) is 24.1. The van der Waals surface area contributed by atoms with Gasteiger partial charge >= 0.3 is 0 Å². The predicted molar refractivity (Wildman–Crippen MR) is 142 cm³/mol. The number of hydrogen-bond donors (Lipinski definition) is 2. The first kappa shape index (κ1) is 21.6. The van der Waals surface area contributed by atoms with Crippen LogP contribution in [0, 0.1) is 11.8 Å². The van der Waals surface area contributed by atoms with Gasteiger partial charge in [0.1, 0.15) is 5.82 Å². The Balaban J connectivity index is 1.02. The van der Waals surface area contributed by atoms with Crippen molar-refractivity contribution in [3.05, 3.63) is 54.9 Å². The maximum absolute atomic E-state index is 6.20. The Kier molecular flexibility index (Phi) is 5.23. The van der Waals surface area contributed by atoms with Crippen LogP contribution in [0.1, 0.15) is 25.7 Å². The summed E-state index contributed by atoms with van der Waals surface area (Å²) >= 11 is 0. The first-order chi connectivity index (χ1) is 17.7. The number of piperazine rings is 1. The van der Waals surface area contributed by atoms with Crippen LogP contribution in [0.4, 0.5) is 23.4 Å². The monoisotopic (exact) mass is 481 g/mol. The molecule has 3 atom stereocenters. The third-order valence-electron chi connectivity index (χ3n) is 8.30. The Labute approximate surface area is 210 Å². The molecule has 2 aliphatic carbocycles. The zero-order valence-electron chi connectivity index (χ0n) is 20.3. The molecule has 4 aromatic rings. The SMILES string of the molecule is Nc1nc(Nc2ccc(N3CCN(C4CC5CCC4C5)CC3)nc2)nn1-c1nccc2ccccc12. The summed E-state index contributed by atoms with van der Waals surface area (Å²) in [6.45, 7) is 4.35. The lowest BCUT2D eigenvalue weighted by atomic mass is 9.93. The van der Waals surface area contributed by atoms with Gasteiger partial charge in [0.05, 0.1) is 11.9 Å². The van der Waals surface area contributed by atoms with Crippen LogP contribution in [-0.2, 0) is 0 Å². The number of nitrogens with zero attached hydrogens (tertiary/aromatic N) is 7. The molecule has 2 bridgehead atoms. The molecule has 3 unspecified atom stereocenters. The standard InChI is InChI=1S/C27H31N9/c28-26-32-27(33-36(26)25-22-4-2-1-3-19(22)9-10-29-25)31-21-7-8-24(30-17-21)35-13-11-34(12-14-35)23-16-18-5-6-20(23)15-18/h1-4,7-10,17-18,20,23H,5-6,11-16H2,(H3,28,31,32,33). The highest BCUT2D eigenvalue weighted by Crippen LogP contribution is 2.46. The first-order valence-electron chi connectivity index (χ1n) is 13.0. The van der Waals surface area contributed by atoms with Crippen LogP contribution in [0.25, 0.3) is 16.6 Å².